The molecule has 1 atom stereocenters. The second-order valence-electron chi connectivity index (χ2n) is 5.22. The number of allylic oxidation sites excluding steroid dienone is 14. The fourth-order valence-corrected chi connectivity index (χ4v) is 3.36. The van der Waals surface area contributed by atoms with Gasteiger partial charge >= 0.3 is 7.12 Å². The summed E-state index contributed by atoms with van der Waals surface area (Å²) >= 11 is 0. The van der Waals surface area contributed by atoms with E-state index in [1.807, 2.05) is 18.2 Å². The van der Waals surface area contributed by atoms with E-state index in [0.717, 1.165) is 12.0 Å². The Labute approximate surface area is 112 Å². The molecule has 4 aliphatic rings. The van der Waals surface area contributed by atoms with Crippen molar-refractivity contribution < 1.29 is 10.0 Å². The average molecular weight is 248 g/mol. The Morgan fingerprint density at radius 2 is 1.89 bits per heavy atom. The van der Waals surface area contributed by atoms with Crippen LogP contribution in [0.2, 0.25) is 0 Å². The monoisotopic (exact) mass is 248 g/mol. The zero-order valence-electron chi connectivity index (χ0n) is 10.4. The molecule has 19 heavy (non-hydrogen) atoms. The van der Waals surface area contributed by atoms with Gasteiger partial charge in [-0.1, -0.05) is 48.6 Å². The predicted octanol–water partition coefficient (Wildman–Crippen LogP) is 2.17. The van der Waals surface area contributed by atoms with Gasteiger partial charge in [0.1, 0.15) is 0 Å². The molecule has 0 radical (unpaired) electrons. The normalized spacial score (nSPS) is 26.3. The molecule has 0 spiro atoms. The third-order valence-corrected chi connectivity index (χ3v) is 4.21. The molecule has 0 heterocycles. The summed E-state index contributed by atoms with van der Waals surface area (Å²) < 4.78 is 0. The third kappa shape index (κ3) is 1.46. The van der Waals surface area contributed by atoms with E-state index in [4.69, 9.17) is 0 Å². The summed E-state index contributed by atoms with van der Waals surface area (Å²) in [7, 11) is -1.41. The second-order valence-corrected chi connectivity index (χ2v) is 5.22. The second kappa shape index (κ2) is 3.83. The molecule has 0 aromatic heterocycles. The van der Waals surface area contributed by atoms with Crippen LogP contribution in [-0.4, -0.2) is 17.2 Å². The first kappa shape index (κ1) is 11.0. The van der Waals surface area contributed by atoms with E-state index in [1.165, 1.54) is 22.3 Å². The third-order valence-electron chi connectivity index (χ3n) is 4.21. The summed E-state index contributed by atoms with van der Waals surface area (Å²) in [6.07, 6.45) is 17.6. The highest BCUT2D eigenvalue weighted by molar-refractivity contribution is 6.52. The van der Waals surface area contributed by atoms with Crippen molar-refractivity contribution in [2.75, 3.05) is 0 Å². The molecule has 1 unspecified atom stereocenters. The Morgan fingerprint density at radius 3 is 2.74 bits per heavy atom. The molecule has 0 amide bonds. The molecule has 0 aromatic rings. The summed E-state index contributed by atoms with van der Waals surface area (Å²) in [6, 6.07) is 0. The fourth-order valence-electron chi connectivity index (χ4n) is 3.36. The van der Waals surface area contributed by atoms with Crippen LogP contribution in [0.15, 0.2) is 81.9 Å². The van der Waals surface area contributed by atoms with E-state index < -0.39 is 7.12 Å². The van der Waals surface area contributed by atoms with E-state index in [9.17, 15) is 10.0 Å². The van der Waals surface area contributed by atoms with Gasteiger partial charge in [0.25, 0.3) is 0 Å². The van der Waals surface area contributed by atoms with Crippen molar-refractivity contribution in [3.8, 4) is 0 Å². The standard InChI is InChI=1S/C16H13BO2/c18-17(19)14-9-7-12-5-4-10-2-1-3-11-6-8-13(14)16(12)15(10)11/h1,3-9,16,18-19H,2H2. The van der Waals surface area contributed by atoms with Gasteiger partial charge in [0.05, 0.1) is 0 Å². The maximum absolute atomic E-state index is 9.53. The van der Waals surface area contributed by atoms with Crippen molar-refractivity contribution in [3.05, 3.63) is 81.9 Å². The molecule has 0 saturated heterocycles. The minimum Gasteiger partial charge on any atom is -0.423 e. The molecular weight excluding hydrogens is 235 g/mol. The maximum Gasteiger partial charge on any atom is 0.488 e. The molecule has 2 N–H and O–H groups in total. The summed E-state index contributed by atoms with van der Waals surface area (Å²) in [4.78, 5) is 0. The largest absolute Gasteiger partial charge is 0.488 e. The Hall–Kier alpha value is -1.84. The predicted molar refractivity (Wildman–Crippen MR) is 75.9 cm³/mol. The van der Waals surface area contributed by atoms with Crippen molar-refractivity contribution in [2.24, 2.45) is 5.92 Å². The van der Waals surface area contributed by atoms with Crippen LogP contribution >= 0.6 is 0 Å². The molecule has 0 fully saturated rings. The van der Waals surface area contributed by atoms with Crippen LogP contribution < -0.4 is 0 Å². The molecule has 2 nitrogen and oxygen atoms in total. The van der Waals surface area contributed by atoms with Gasteiger partial charge in [0.2, 0.25) is 0 Å². The quantitative estimate of drug-likeness (QED) is 0.698. The summed E-state index contributed by atoms with van der Waals surface area (Å²) in [6.45, 7) is 0. The van der Waals surface area contributed by atoms with E-state index in [-0.39, 0.29) is 5.92 Å². The van der Waals surface area contributed by atoms with Crippen LogP contribution in [0.5, 0.6) is 0 Å². The van der Waals surface area contributed by atoms with Crippen molar-refractivity contribution in [2.45, 2.75) is 6.42 Å². The van der Waals surface area contributed by atoms with Crippen LogP contribution in [0.25, 0.3) is 0 Å². The minimum atomic E-state index is -1.41. The first-order valence-electron chi connectivity index (χ1n) is 6.54. The molecular formula is C16H13BO2. The van der Waals surface area contributed by atoms with Gasteiger partial charge in [-0.25, -0.2) is 0 Å². The Kier molecular flexibility index (Phi) is 2.22. The van der Waals surface area contributed by atoms with Gasteiger partial charge in [-0.2, -0.15) is 0 Å². The van der Waals surface area contributed by atoms with E-state index in [1.54, 1.807) is 0 Å². The lowest BCUT2D eigenvalue weighted by atomic mass is 9.62. The number of hydrogen-bond acceptors (Lipinski definition) is 2. The highest BCUT2D eigenvalue weighted by Gasteiger charge is 2.35. The minimum absolute atomic E-state index is 0.173. The molecule has 0 saturated carbocycles. The Balaban J connectivity index is 1.98. The molecule has 3 heteroatoms. The zero-order chi connectivity index (χ0) is 13.0. The lowest BCUT2D eigenvalue weighted by Gasteiger charge is -2.36. The van der Waals surface area contributed by atoms with E-state index >= 15 is 0 Å². The topological polar surface area (TPSA) is 40.5 Å². The SMILES string of the molecule is OB(O)C1=C2C=CC3=C4C(=CC=C(C=C1)C24)CC=C3. The highest BCUT2D eigenvalue weighted by atomic mass is 16.4. The van der Waals surface area contributed by atoms with Gasteiger partial charge < -0.3 is 10.0 Å². The number of hydrogen-bond donors (Lipinski definition) is 2. The molecule has 0 aromatic carbocycles. The van der Waals surface area contributed by atoms with Crippen LogP contribution in [0.1, 0.15) is 6.42 Å². The van der Waals surface area contributed by atoms with Crippen LogP contribution in [0, 0.1) is 5.92 Å². The number of rotatable bonds is 1. The summed E-state index contributed by atoms with van der Waals surface area (Å²) in [5, 5.41) is 19.1. The Morgan fingerprint density at radius 1 is 1.00 bits per heavy atom. The van der Waals surface area contributed by atoms with Gasteiger partial charge in [0, 0.05) is 5.92 Å². The average Bonchev–Trinajstić information content (AvgIpc) is 2.44. The van der Waals surface area contributed by atoms with Crippen LogP contribution in [-0.2, 0) is 0 Å². The first-order valence-corrected chi connectivity index (χ1v) is 6.54. The molecule has 0 aliphatic heterocycles. The summed E-state index contributed by atoms with van der Waals surface area (Å²) in [5.41, 5.74) is 6.79. The lowest BCUT2D eigenvalue weighted by molar-refractivity contribution is 0.419. The molecule has 4 aliphatic carbocycles. The molecule has 92 valence electrons. The Bertz CT molecular complexity index is 682. The van der Waals surface area contributed by atoms with E-state index in [2.05, 4.69) is 30.4 Å². The van der Waals surface area contributed by atoms with Gasteiger partial charge in [-0.05, 0) is 39.8 Å². The van der Waals surface area contributed by atoms with Gasteiger partial charge in [-0.3, -0.25) is 0 Å². The van der Waals surface area contributed by atoms with E-state index in [0.29, 0.717) is 5.47 Å². The lowest BCUT2D eigenvalue weighted by Crippen LogP contribution is -2.26. The maximum atomic E-state index is 9.53. The summed E-state index contributed by atoms with van der Waals surface area (Å²) in [5.74, 6) is 0.173. The van der Waals surface area contributed by atoms with Crippen molar-refractivity contribution in [1.29, 1.82) is 0 Å². The molecule has 4 rings (SSSR count). The van der Waals surface area contributed by atoms with Crippen molar-refractivity contribution >= 4 is 7.12 Å². The fraction of sp³-hybridized carbons (Fsp3) is 0.125. The zero-order valence-corrected chi connectivity index (χ0v) is 10.4. The van der Waals surface area contributed by atoms with Gasteiger partial charge in [-0.15, -0.1) is 0 Å². The highest BCUT2D eigenvalue weighted by Crippen LogP contribution is 2.47. The van der Waals surface area contributed by atoms with Crippen molar-refractivity contribution in [3.63, 3.8) is 0 Å². The van der Waals surface area contributed by atoms with Crippen molar-refractivity contribution in [1.82, 2.24) is 0 Å². The van der Waals surface area contributed by atoms with Gasteiger partial charge in [0.15, 0.2) is 0 Å². The molecule has 0 bridgehead atoms. The smallest absolute Gasteiger partial charge is 0.423 e. The van der Waals surface area contributed by atoms with Crippen LogP contribution in [0.4, 0.5) is 0 Å². The first-order chi connectivity index (χ1) is 9.25. The van der Waals surface area contributed by atoms with Crippen LogP contribution in [0.3, 0.4) is 0 Å².